The zero-order valence-electron chi connectivity index (χ0n) is 4.53. The van der Waals surface area contributed by atoms with Crippen LogP contribution >= 0.6 is 34.2 Å². The lowest BCUT2D eigenvalue weighted by molar-refractivity contribution is 0.247. The molecule has 0 spiro atoms. The zero-order valence-corrected chi connectivity index (χ0v) is 7.44. The minimum absolute atomic E-state index is 0.421. The van der Waals surface area contributed by atoms with Gasteiger partial charge >= 0.3 is 0 Å². The van der Waals surface area contributed by atoms with Gasteiger partial charge in [-0.2, -0.15) is 0 Å². The van der Waals surface area contributed by atoms with E-state index in [0.717, 1.165) is 0 Å². The maximum absolute atomic E-state index is 5.50. The topological polar surface area (TPSA) is 21.6 Å². The van der Waals surface area contributed by atoms with Gasteiger partial charge in [-0.1, -0.05) is 34.2 Å². The number of hydrogen-bond acceptors (Lipinski definition) is 2. The summed E-state index contributed by atoms with van der Waals surface area (Å²) in [6.45, 7) is 0.421. The van der Waals surface area contributed by atoms with Gasteiger partial charge in [-0.15, -0.1) is 0 Å². The Morgan fingerprint density at radius 1 is 1.88 bits per heavy atom. The van der Waals surface area contributed by atoms with E-state index in [1.54, 1.807) is 7.11 Å². The van der Waals surface area contributed by atoms with Crippen LogP contribution in [0.5, 0.6) is 0 Å². The van der Waals surface area contributed by atoms with Crippen molar-refractivity contribution in [1.82, 2.24) is 0 Å². The number of ether oxygens (including phenoxy) is 1. The molecule has 0 heterocycles. The lowest BCUT2D eigenvalue weighted by Crippen LogP contribution is -1.97. The van der Waals surface area contributed by atoms with Crippen LogP contribution in [0.3, 0.4) is 0 Å². The minimum atomic E-state index is 0.421. The highest BCUT2D eigenvalue weighted by Gasteiger charge is 1.87. The van der Waals surface area contributed by atoms with Crippen LogP contribution in [-0.2, 0) is 4.74 Å². The molecule has 48 valence electrons. The van der Waals surface area contributed by atoms with Gasteiger partial charge in [0.1, 0.15) is 5.17 Å². The van der Waals surface area contributed by atoms with Crippen molar-refractivity contribution in [2.45, 2.75) is 0 Å². The standard InChI is InChI=1S/C4H7ClINO/c1-8-2-4(5)7-3-6/h2-3H2,1H3. The molecule has 0 aromatic heterocycles. The van der Waals surface area contributed by atoms with Crippen LogP contribution in [0, 0.1) is 0 Å². The van der Waals surface area contributed by atoms with Crippen molar-refractivity contribution in [2.24, 2.45) is 4.99 Å². The summed E-state index contributed by atoms with van der Waals surface area (Å²) in [5, 5.41) is 0.530. The molecule has 0 aliphatic heterocycles. The molecule has 0 N–H and O–H groups in total. The Labute approximate surface area is 67.4 Å². The van der Waals surface area contributed by atoms with E-state index in [1.807, 2.05) is 0 Å². The lowest BCUT2D eigenvalue weighted by Gasteiger charge is -1.91. The van der Waals surface area contributed by atoms with Crippen molar-refractivity contribution in [1.29, 1.82) is 0 Å². The molecule has 0 saturated carbocycles. The summed E-state index contributed by atoms with van der Waals surface area (Å²) in [5.41, 5.74) is 0. The fourth-order valence-corrected chi connectivity index (χ4v) is 1.01. The minimum Gasteiger partial charge on any atom is -0.377 e. The van der Waals surface area contributed by atoms with E-state index in [4.69, 9.17) is 16.3 Å². The van der Waals surface area contributed by atoms with Crippen LogP contribution in [0.1, 0.15) is 0 Å². The van der Waals surface area contributed by atoms with E-state index in [-0.39, 0.29) is 0 Å². The molecule has 8 heavy (non-hydrogen) atoms. The summed E-state index contributed by atoms with van der Waals surface area (Å²) in [4.78, 5) is 3.86. The Morgan fingerprint density at radius 2 is 2.50 bits per heavy atom. The van der Waals surface area contributed by atoms with Crippen molar-refractivity contribution in [3.8, 4) is 0 Å². The summed E-state index contributed by atoms with van der Waals surface area (Å²) in [6.07, 6.45) is 0. The molecule has 2 nitrogen and oxygen atoms in total. The third-order valence-corrected chi connectivity index (χ3v) is 1.06. The molecule has 0 aromatic carbocycles. The third-order valence-electron chi connectivity index (χ3n) is 0.495. The van der Waals surface area contributed by atoms with Crippen LogP contribution in [0.15, 0.2) is 4.99 Å². The van der Waals surface area contributed by atoms with Gasteiger partial charge < -0.3 is 4.74 Å². The van der Waals surface area contributed by atoms with Gasteiger partial charge in [-0.05, 0) is 0 Å². The Hall–Kier alpha value is 0.650. The molecule has 0 fully saturated rings. The Bertz CT molecular complexity index is 86.1. The summed E-state index contributed by atoms with van der Waals surface area (Å²) in [7, 11) is 1.59. The quantitative estimate of drug-likeness (QED) is 0.322. The smallest absolute Gasteiger partial charge is 0.127 e. The second kappa shape index (κ2) is 5.78. The molecule has 0 aliphatic carbocycles. The number of rotatable bonds is 3. The first kappa shape index (κ1) is 8.65. The van der Waals surface area contributed by atoms with Gasteiger partial charge in [0.15, 0.2) is 0 Å². The first-order valence-corrected chi connectivity index (χ1v) is 3.95. The average molecular weight is 247 g/mol. The first-order chi connectivity index (χ1) is 3.81. The third kappa shape index (κ3) is 4.80. The van der Waals surface area contributed by atoms with Crippen LogP contribution < -0.4 is 0 Å². The van der Waals surface area contributed by atoms with Crippen molar-refractivity contribution in [3.05, 3.63) is 0 Å². The molecule has 0 amide bonds. The largest absolute Gasteiger partial charge is 0.377 e. The van der Waals surface area contributed by atoms with Gasteiger partial charge in [0.25, 0.3) is 0 Å². The fraction of sp³-hybridized carbons (Fsp3) is 0.750. The molecule has 0 radical (unpaired) electrons. The number of halogens is 2. The Balaban J connectivity index is 3.29. The Kier molecular flexibility index (Phi) is 6.25. The molecule has 0 saturated heterocycles. The predicted molar refractivity (Wildman–Crippen MR) is 44.1 cm³/mol. The molecular formula is C4H7ClINO. The number of methoxy groups -OCH3 is 1. The number of aliphatic imine (C=N–C) groups is 1. The zero-order chi connectivity index (χ0) is 6.41. The molecule has 0 bridgehead atoms. The van der Waals surface area contributed by atoms with E-state index in [0.29, 0.717) is 16.3 Å². The second-order valence-electron chi connectivity index (χ2n) is 1.09. The molecule has 0 rings (SSSR count). The van der Waals surface area contributed by atoms with Crippen LogP contribution in [0.25, 0.3) is 0 Å². The van der Waals surface area contributed by atoms with Gasteiger partial charge in [0.2, 0.25) is 0 Å². The number of nitrogens with zero attached hydrogens (tertiary/aromatic N) is 1. The highest BCUT2D eigenvalue weighted by atomic mass is 127. The lowest BCUT2D eigenvalue weighted by atomic mass is 10.8. The van der Waals surface area contributed by atoms with E-state index in [9.17, 15) is 0 Å². The first-order valence-electron chi connectivity index (χ1n) is 2.05. The van der Waals surface area contributed by atoms with Gasteiger partial charge in [-0.25, -0.2) is 0 Å². The van der Waals surface area contributed by atoms with Crippen LogP contribution in [0.2, 0.25) is 0 Å². The molecule has 0 unspecified atom stereocenters. The summed E-state index contributed by atoms with van der Waals surface area (Å²) in [5.74, 6) is 0. The normalized spacial score (nSPS) is 12.1. The predicted octanol–water partition coefficient (Wildman–Crippen LogP) is 1.66. The molecule has 0 atom stereocenters. The molecule has 0 aliphatic rings. The van der Waals surface area contributed by atoms with E-state index >= 15 is 0 Å². The summed E-state index contributed by atoms with van der Waals surface area (Å²) in [6, 6.07) is 0. The number of alkyl halides is 1. The summed E-state index contributed by atoms with van der Waals surface area (Å²) >= 11 is 7.62. The highest BCUT2D eigenvalue weighted by Crippen LogP contribution is 1.89. The van der Waals surface area contributed by atoms with Crippen molar-refractivity contribution in [3.63, 3.8) is 0 Å². The maximum Gasteiger partial charge on any atom is 0.127 e. The van der Waals surface area contributed by atoms with Gasteiger partial charge in [-0.3, -0.25) is 4.99 Å². The molecule has 0 aromatic rings. The van der Waals surface area contributed by atoms with E-state index < -0.39 is 0 Å². The maximum atomic E-state index is 5.50. The SMILES string of the molecule is COCC(Cl)=NCI. The molecule has 4 heteroatoms. The van der Waals surface area contributed by atoms with E-state index in [1.165, 1.54) is 0 Å². The van der Waals surface area contributed by atoms with Crippen molar-refractivity contribution >= 4 is 39.4 Å². The van der Waals surface area contributed by atoms with Crippen LogP contribution in [0.4, 0.5) is 0 Å². The Morgan fingerprint density at radius 3 is 2.88 bits per heavy atom. The van der Waals surface area contributed by atoms with Gasteiger partial charge in [0.05, 0.1) is 11.2 Å². The summed E-state index contributed by atoms with van der Waals surface area (Å²) < 4.78 is 5.38. The van der Waals surface area contributed by atoms with Crippen molar-refractivity contribution < 1.29 is 4.74 Å². The average Bonchev–Trinajstić information content (AvgIpc) is 1.68. The van der Waals surface area contributed by atoms with E-state index in [2.05, 4.69) is 27.6 Å². The van der Waals surface area contributed by atoms with Gasteiger partial charge in [0, 0.05) is 7.11 Å². The van der Waals surface area contributed by atoms with Crippen LogP contribution in [-0.4, -0.2) is 23.4 Å². The molecular weight excluding hydrogens is 240 g/mol. The monoisotopic (exact) mass is 247 g/mol. The van der Waals surface area contributed by atoms with Crippen molar-refractivity contribution in [2.75, 3.05) is 18.3 Å². The number of hydrogen-bond donors (Lipinski definition) is 0. The second-order valence-corrected chi connectivity index (χ2v) is 2.21. The highest BCUT2D eigenvalue weighted by molar-refractivity contribution is 14.1. The fourth-order valence-electron chi connectivity index (χ4n) is 0.230.